The molecule has 0 heterocycles. The van der Waals surface area contributed by atoms with E-state index in [2.05, 4.69) is 4.99 Å². The molecule has 0 bridgehead atoms. The summed E-state index contributed by atoms with van der Waals surface area (Å²) in [5.41, 5.74) is 0.882. The zero-order valence-electron chi connectivity index (χ0n) is 15.3. The minimum atomic E-state index is -5.13. The number of allylic oxidation sites excluding steroid dienone is 1. The van der Waals surface area contributed by atoms with E-state index in [1.54, 1.807) is 0 Å². The molecule has 0 aromatic heterocycles. The van der Waals surface area contributed by atoms with Crippen molar-refractivity contribution in [3.63, 3.8) is 0 Å². The van der Waals surface area contributed by atoms with Crippen molar-refractivity contribution in [1.82, 2.24) is 0 Å². The van der Waals surface area contributed by atoms with E-state index < -0.39 is 52.3 Å². The van der Waals surface area contributed by atoms with Gasteiger partial charge in [-0.25, -0.2) is 4.39 Å². The van der Waals surface area contributed by atoms with E-state index >= 15 is 0 Å². The third-order valence-corrected chi connectivity index (χ3v) is 5.25. The minimum absolute atomic E-state index is 0.0604. The van der Waals surface area contributed by atoms with Crippen molar-refractivity contribution in [2.45, 2.75) is 18.3 Å². The number of hydrogen-bond donors (Lipinski definition) is 1. The molecule has 2 rings (SSSR count). The average molecular weight is 522 g/mol. The molecule has 0 fully saturated rings. The SMILES string of the molecule is NC=NC(=O)c1ccc(/C(F)=C/C(c2cc(Cl)c(Cl)c(Cl)c2)C(F)(F)F)cc1C(F)(F)F. The van der Waals surface area contributed by atoms with Gasteiger partial charge in [0.15, 0.2) is 0 Å². The van der Waals surface area contributed by atoms with Crippen LogP contribution in [-0.4, -0.2) is 18.4 Å². The Balaban J connectivity index is 2.63. The van der Waals surface area contributed by atoms with Crippen LogP contribution in [0.4, 0.5) is 30.7 Å². The number of aliphatic imine (C=N–C) groups is 1. The van der Waals surface area contributed by atoms with E-state index in [1.165, 1.54) is 0 Å². The van der Waals surface area contributed by atoms with Crippen LogP contribution in [0.3, 0.4) is 0 Å². The summed E-state index contributed by atoms with van der Waals surface area (Å²) in [6, 6.07) is 3.10. The number of benzene rings is 2. The van der Waals surface area contributed by atoms with Crippen LogP contribution in [-0.2, 0) is 6.18 Å². The van der Waals surface area contributed by atoms with E-state index in [0.29, 0.717) is 18.5 Å². The first-order valence-corrected chi connectivity index (χ1v) is 9.39. The third-order valence-electron chi connectivity index (χ3n) is 4.05. The fraction of sp³-hybridized carbons (Fsp3) is 0.158. The van der Waals surface area contributed by atoms with Gasteiger partial charge >= 0.3 is 12.4 Å². The lowest BCUT2D eigenvalue weighted by Gasteiger charge is -2.19. The zero-order valence-corrected chi connectivity index (χ0v) is 17.6. The van der Waals surface area contributed by atoms with E-state index in [9.17, 15) is 35.5 Å². The highest BCUT2D eigenvalue weighted by atomic mass is 35.5. The van der Waals surface area contributed by atoms with E-state index in [4.69, 9.17) is 40.5 Å². The highest BCUT2D eigenvalue weighted by molar-refractivity contribution is 6.48. The lowest BCUT2D eigenvalue weighted by Crippen LogP contribution is -2.19. The summed E-state index contributed by atoms with van der Waals surface area (Å²) in [7, 11) is 0. The molecule has 13 heteroatoms. The highest BCUT2D eigenvalue weighted by Crippen LogP contribution is 2.42. The van der Waals surface area contributed by atoms with Crippen LogP contribution in [0.1, 0.15) is 33.0 Å². The lowest BCUT2D eigenvalue weighted by atomic mass is 9.95. The maximum absolute atomic E-state index is 14.7. The van der Waals surface area contributed by atoms with Gasteiger partial charge in [-0.1, -0.05) is 40.9 Å². The molecular weight excluding hydrogens is 512 g/mol. The molecule has 0 aliphatic heterocycles. The first kappa shape index (κ1) is 26.0. The second kappa shape index (κ2) is 9.68. The van der Waals surface area contributed by atoms with Crippen LogP contribution >= 0.6 is 34.8 Å². The Morgan fingerprint density at radius 1 is 1.00 bits per heavy atom. The number of alkyl halides is 6. The number of amides is 1. The van der Waals surface area contributed by atoms with Crippen LogP contribution in [0.5, 0.6) is 0 Å². The Bertz CT molecular complexity index is 1070. The summed E-state index contributed by atoms with van der Waals surface area (Å²) in [5.74, 6) is -5.62. The van der Waals surface area contributed by atoms with Crippen LogP contribution in [0, 0.1) is 0 Å². The molecule has 172 valence electrons. The van der Waals surface area contributed by atoms with E-state index in [-0.39, 0.29) is 27.2 Å². The quantitative estimate of drug-likeness (QED) is 0.197. The van der Waals surface area contributed by atoms with Crippen molar-refractivity contribution in [2.24, 2.45) is 10.7 Å². The van der Waals surface area contributed by atoms with E-state index in [1.807, 2.05) is 0 Å². The van der Waals surface area contributed by atoms with Crippen LogP contribution < -0.4 is 5.73 Å². The first-order valence-electron chi connectivity index (χ1n) is 8.25. The summed E-state index contributed by atoms with van der Waals surface area (Å²) in [6.45, 7) is 0. The van der Waals surface area contributed by atoms with Gasteiger partial charge in [-0.3, -0.25) is 4.79 Å². The number of nitrogens with two attached hydrogens (primary N) is 1. The number of rotatable bonds is 4. The van der Waals surface area contributed by atoms with Crippen molar-refractivity contribution in [2.75, 3.05) is 0 Å². The van der Waals surface area contributed by atoms with Crippen molar-refractivity contribution >= 4 is 52.9 Å². The van der Waals surface area contributed by atoms with Gasteiger partial charge in [-0.05, 0) is 35.9 Å². The summed E-state index contributed by atoms with van der Waals surface area (Å²) in [6.07, 6.45) is -9.67. The smallest absolute Gasteiger partial charge is 0.390 e. The third kappa shape index (κ3) is 5.93. The number of halogens is 10. The molecule has 1 atom stereocenters. The summed E-state index contributed by atoms with van der Waals surface area (Å²) in [4.78, 5) is 14.7. The molecule has 3 nitrogen and oxygen atoms in total. The van der Waals surface area contributed by atoms with Gasteiger partial charge in [-0.15, -0.1) is 0 Å². The Hall–Kier alpha value is -2.30. The minimum Gasteiger partial charge on any atom is -0.390 e. The predicted octanol–water partition coefficient (Wildman–Crippen LogP) is 7.45. The Labute approximate surface area is 191 Å². The first-order chi connectivity index (χ1) is 14.7. The molecule has 2 N–H and O–H groups in total. The van der Waals surface area contributed by atoms with Gasteiger partial charge < -0.3 is 5.73 Å². The Kier molecular flexibility index (Phi) is 7.85. The number of carbonyl (C=O) groups excluding carboxylic acids is 1. The maximum atomic E-state index is 14.7. The second-order valence-corrected chi connectivity index (χ2v) is 7.37. The van der Waals surface area contributed by atoms with Crippen molar-refractivity contribution in [1.29, 1.82) is 0 Å². The molecule has 0 saturated carbocycles. The van der Waals surface area contributed by atoms with Crippen LogP contribution in [0.25, 0.3) is 5.83 Å². The fourth-order valence-corrected chi connectivity index (χ4v) is 3.24. The van der Waals surface area contributed by atoms with Crippen molar-refractivity contribution in [3.05, 3.63) is 73.7 Å². The van der Waals surface area contributed by atoms with Gasteiger partial charge in [0.05, 0.1) is 32.5 Å². The molecule has 0 aliphatic rings. The fourth-order valence-electron chi connectivity index (χ4n) is 2.63. The molecule has 0 radical (unpaired) electrons. The predicted molar refractivity (Wildman–Crippen MR) is 108 cm³/mol. The molecule has 0 saturated heterocycles. The summed E-state index contributed by atoms with van der Waals surface area (Å²) >= 11 is 17.2. The maximum Gasteiger partial charge on any atom is 0.417 e. The van der Waals surface area contributed by atoms with Gasteiger partial charge in [0.2, 0.25) is 0 Å². The standard InChI is InChI=1S/C19H10Cl3F7N2O/c20-13-4-9(5-14(21)16(13)22)11(18(24,25)26)6-15(23)8-1-2-10(17(32)31-7-30)12(3-8)19(27,28)29/h1-7,11H,(H2,30,31,32)/b15-6-. The zero-order chi connectivity index (χ0) is 24.4. The van der Waals surface area contributed by atoms with Gasteiger partial charge in [0.1, 0.15) is 11.7 Å². The van der Waals surface area contributed by atoms with Gasteiger partial charge in [0.25, 0.3) is 5.91 Å². The molecule has 32 heavy (non-hydrogen) atoms. The molecule has 1 unspecified atom stereocenters. The molecule has 2 aromatic carbocycles. The lowest BCUT2D eigenvalue weighted by molar-refractivity contribution is -0.140. The number of nitrogens with zero attached hydrogens (tertiary/aromatic N) is 1. The summed E-state index contributed by atoms with van der Waals surface area (Å²) in [5, 5.41) is -0.891. The van der Waals surface area contributed by atoms with Crippen LogP contribution in [0.2, 0.25) is 15.1 Å². The monoisotopic (exact) mass is 520 g/mol. The molecular formula is C19H10Cl3F7N2O. The Morgan fingerprint density at radius 2 is 1.56 bits per heavy atom. The van der Waals surface area contributed by atoms with Gasteiger partial charge in [0, 0.05) is 5.56 Å². The van der Waals surface area contributed by atoms with E-state index in [0.717, 1.165) is 12.1 Å². The molecule has 0 spiro atoms. The Morgan fingerprint density at radius 3 is 2.03 bits per heavy atom. The normalized spacial score (nSPS) is 14.1. The molecule has 0 aliphatic carbocycles. The largest absolute Gasteiger partial charge is 0.417 e. The average Bonchev–Trinajstić information content (AvgIpc) is 2.67. The summed E-state index contributed by atoms with van der Waals surface area (Å²) < 4.78 is 95.5. The molecule has 2 aromatic rings. The number of hydrogen-bond acceptors (Lipinski definition) is 1. The van der Waals surface area contributed by atoms with Crippen LogP contribution in [0.15, 0.2) is 41.4 Å². The highest BCUT2D eigenvalue weighted by Gasteiger charge is 2.41. The topological polar surface area (TPSA) is 55.4 Å². The molecule has 1 amide bonds. The number of carbonyl (C=O) groups is 1. The second-order valence-electron chi connectivity index (χ2n) is 6.17. The van der Waals surface area contributed by atoms with Crippen molar-refractivity contribution < 1.29 is 35.5 Å². The van der Waals surface area contributed by atoms with Crippen molar-refractivity contribution in [3.8, 4) is 0 Å². The van der Waals surface area contributed by atoms with Gasteiger partial charge in [-0.2, -0.15) is 31.3 Å².